The zero-order valence-electron chi connectivity index (χ0n) is 22.9. The maximum absolute atomic E-state index is 13.1. The van der Waals surface area contributed by atoms with Crippen LogP contribution < -0.4 is 9.74 Å². The highest BCUT2D eigenvalue weighted by Gasteiger charge is 2.39. The number of carbonyl (C=O) groups excluding carboxylic acids is 1. The molecule has 0 radical (unpaired) electrons. The fourth-order valence-corrected chi connectivity index (χ4v) is 5.60. The van der Waals surface area contributed by atoms with Gasteiger partial charge in [0, 0.05) is 0 Å². The zero-order chi connectivity index (χ0) is 27.1. The van der Waals surface area contributed by atoms with E-state index in [2.05, 4.69) is 39.2 Å². The first-order valence-corrected chi connectivity index (χ1v) is 16.8. The van der Waals surface area contributed by atoms with E-state index >= 15 is 0 Å². The lowest BCUT2D eigenvalue weighted by Gasteiger charge is -2.36. The molecule has 0 aliphatic rings. The van der Waals surface area contributed by atoms with Crippen LogP contribution in [0.15, 0.2) is 35.1 Å². The predicted octanol–water partition coefficient (Wildman–Crippen LogP) is 7.85. The average molecular weight is 548 g/mol. The lowest BCUT2D eigenvalue weighted by atomic mass is 10.1. The third-order valence-corrected chi connectivity index (χ3v) is 12.4. The fraction of sp³-hybridized carbons (Fsp3) is 0.640. The van der Waals surface area contributed by atoms with Gasteiger partial charge in [0.25, 0.3) is 0 Å². The van der Waals surface area contributed by atoms with Crippen LogP contribution >= 0.6 is 19.2 Å². The Labute approximate surface area is 217 Å². The number of amides is 1. The minimum Gasteiger partial charge on any atom is -0.544 e. The summed E-state index contributed by atoms with van der Waals surface area (Å²) in [5.41, 5.74) is 0.258. The van der Waals surface area contributed by atoms with Gasteiger partial charge in [0.2, 0.25) is 8.32 Å². The monoisotopic (exact) mass is 547 g/mol. The number of halogens is 1. The van der Waals surface area contributed by atoms with E-state index in [0.717, 1.165) is 11.3 Å². The van der Waals surface area contributed by atoms with Crippen LogP contribution in [0.3, 0.4) is 0 Å². The van der Waals surface area contributed by atoms with Crippen molar-refractivity contribution in [2.24, 2.45) is 0 Å². The zero-order valence-corrected chi connectivity index (χ0v) is 25.5. The van der Waals surface area contributed by atoms with Crippen LogP contribution in [0.4, 0.5) is 4.79 Å². The largest absolute Gasteiger partial charge is 0.544 e. The molecule has 0 bridgehead atoms. The molecule has 1 aromatic rings. The quantitative estimate of drug-likeness (QED) is 0.224. The number of ether oxygens (including phenoxy) is 1. The minimum atomic E-state index is -3.68. The highest BCUT2D eigenvalue weighted by atomic mass is 35.5. The van der Waals surface area contributed by atoms with Crippen LogP contribution in [0.1, 0.15) is 61.0 Å². The number of nitrogens with one attached hydrogen (secondary N) is 1. The molecular formula is C25H43ClNO6PSi. The van der Waals surface area contributed by atoms with Crippen LogP contribution in [-0.4, -0.2) is 39.3 Å². The maximum Gasteiger partial charge on any atom is 0.408 e. The average Bonchev–Trinajstić information content (AvgIpc) is 2.67. The van der Waals surface area contributed by atoms with Gasteiger partial charge in [-0.2, -0.15) is 0 Å². The highest BCUT2D eigenvalue weighted by Crippen LogP contribution is 2.57. The summed E-state index contributed by atoms with van der Waals surface area (Å²) in [6.07, 6.45) is 1.27. The van der Waals surface area contributed by atoms with Gasteiger partial charge >= 0.3 is 13.7 Å². The molecule has 1 aromatic carbocycles. The van der Waals surface area contributed by atoms with E-state index in [1.54, 1.807) is 34.6 Å². The van der Waals surface area contributed by atoms with Gasteiger partial charge in [-0.1, -0.05) is 44.5 Å². The molecule has 0 unspecified atom stereocenters. The molecule has 10 heteroatoms. The van der Waals surface area contributed by atoms with Gasteiger partial charge in [-0.3, -0.25) is 4.57 Å². The summed E-state index contributed by atoms with van der Waals surface area (Å²) in [7, 11) is -5.64. The van der Waals surface area contributed by atoms with Crippen LogP contribution in [0, 0.1) is 0 Å². The van der Waals surface area contributed by atoms with Crippen molar-refractivity contribution in [1.29, 1.82) is 0 Å². The first kappa shape index (κ1) is 31.7. The standard InChI is InChI=1S/C25H43ClNO6PSi/c1-11-30-34(29,31-12-2)22(26)18-20(27-23(28)32-24(3,4)5)17-19-13-15-21(16-14-19)33-35(9,10)25(6,7)8/h13-16,18,20H,11-12,17H2,1-10H3,(H,27,28)/t20-/m1/s1. The van der Waals surface area contributed by atoms with Gasteiger partial charge in [0.15, 0.2) is 0 Å². The van der Waals surface area contributed by atoms with E-state index in [1.165, 1.54) is 6.08 Å². The molecule has 0 aliphatic heterocycles. The molecule has 0 saturated carbocycles. The maximum atomic E-state index is 13.1. The van der Waals surface area contributed by atoms with Crippen molar-refractivity contribution in [2.75, 3.05) is 13.2 Å². The van der Waals surface area contributed by atoms with E-state index in [9.17, 15) is 9.36 Å². The van der Waals surface area contributed by atoms with E-state index in [4.69, 9.17) is 29.8 Å². The van der Waals surface area contributed by atoms with Crippen molar-refractivity contribution >= 4 is 33.6 Å². The Morgan fingerprint density at radius 2 is 1.57 bits per heavy atom. The smallest absolute Gasteiger partial charge is 0.408 e. The van der Waals surface area contributed by atoms with Gasteiger partial charge in [-0.05, 0) is 82.9 Å². The van der Waals surface area contributed by atoms with Crippen LogP contribution in [0.5, 0.6) is 5.75 Å². The molecule has 0 heterocycles. The molecule has 200 valence electrons. The summed E-state index contributed by atoms with van der Waals surface area (Å²) in [5.74, 6) is 0.808. The number of rotatable bonds is 11. The second kappa shape index (κ2) is 12.8. The summed E-state index contributed by atoms with van der Waals surface area (Å²) in [6.45, 7) is 20.1. The molecule has 0 aromatic heterocycles. The van der Waals surface area contributed by atoms with Crippen molar-refractivity contribution in [1.82, 2.24) is 5.32 Å². The molecular weight excluding hydrogens is 505 g/mol. The number of hydrogen-bond acceptors (Lipinski definition) is 6. The van der Waals surface area contributed by atoms with E-state index in [1.807, 2.05) is 24.3 Å². The SMILES string of the molecule is CCOP(=O)(OCC)C(Cl)=C[C@@H](Cc1ccc(O[Si](C)(C)C(C)(C)C)cc1)NC(=O)OC(C)(C)C. The van der Waals surface area contributed by atoms with Gasteiger partial charge < -0.3 is 23.5 Å². The molecule has 0 spiro atoms. The van der Waals surface area contributed by atoms with Gasteiger partial charge in [-0.15, -0.1) is 0 Å². The molecule has 0 saturated heterocycles. The molecule has 0 aliphatic carbocycles. The number of alkyl carbamates (subject to hydrolysis) is 1. The Morgan fingerprint density at radius 1 is 1.06 bits per heavy atom. The normalized spacial score (nSPS) is 14.4. The second-order valence-corrected chi connectivity index (χ2v) is 18.2. The number of carbonyl (C=O) groups is 1. The summed E-state index contributed by atoms with van der Waals surface area (Å²) >= 11 is 6.40. The Bertz CT molecular complexity index is 896. The predicted molar refractivity (Wildman–Crippen MR) is 146 cm³/mol. The molecule has 1 rings (SSSR count). The Morgan fingerprint density at radius 3 is 2.00 bits per heavy atom. The first-order valence-electron chi connectivity index (χ1n) is 12.0. The topological polar surface area (TPSA) is 83.1 Å². The number of benzene rings is 1. The van der Waals surface area contributed by atoms with Crippen molar-refractivity contribution in [3.05, 3.63) is 40.7 Å². The van der Waals surface area contributed by atoms with Gasteiger partial charge in [-0.25, -0.2) is 4.79 Å². The summed E-state index contributed by atoms with van der Waals surface area (Å²) < 4.78 is 35.4. The van der Waals surface area contributed by atoms with Crippen molar-refractivity contribution < 1.29 is 27.6 Å². The third kappa shape index (κ3) is 10.7. The summed E-state index contributed by atoms with van der Waals surface area (Å²) in [5, 5.41) is 2.89. The summed E-state index contributed by atoms with van der Waals surface area (Å²) in [6, 6.07) is 7.13. The van der Waals surface area contributed by atoms with E-state index in [0.29, 0.717) is 6.42 Å². The second-order valence-electron chi connectivity index (χ2n) is 10.8. The number of hydrogen-bond donors (Lipinski definition) is 1. The minimum absolute atomic E-state index is 0.0832. The first-order chi connectivity index (χ1) is 15.9. The van der Waals surface area contributed by atoms with E-state index < -0.39 is 33.6 Å². The molecule has 0 fully saturated rings. The lowest BCUT2D eigenvalue weighted by Crippen LogP contribution is -2.43. The Balaban J connectivity index is 3.18. The lowest BCUT2D eigenvalue weighted by molar-refractivity contribution is 0.0514. The van der Waals surface area contributed by atoms with Crippen LogP contribution in [0.2, 0.25) is 18.1 Å². The molecule has 7 nitrogen and oxygen atoms in total. The van der Waals surface area contributed by atoms with Gasteiger partial charge in [0.05, 0.1) is 19.3 Å². The Kier molecular flexibility index (Phi) is 11.6. The molecule has 35 heavy (non-hydrogen) atoms. The van der Waals surface area contributed by atoms with Gasteiger partial charge in [0.1, 0.15) is 16.1 Å². The molecule has 1 amide bonds. The molecule has 1 atom stereocenters. The highest BCUT2D eigenvalue weighted by molar-refractivity contribution is 7.61. The van der Waals surface area contributed by atoms with Crippen molar-refractivity contribution in [3.8, 4) is 5.75 Å². The molecule has 1 N–H and O–H groups in total. The van der Waals surface area contributed by atoms with Crippen molar-refractivity contribution in [2.45, 2.75) is 91.6 Å². The summed E-state index contributed by atoms with van der Waals surface area (Å²) in [4.78, 5) is 12.5. The van der Waals surface area contributed by atoms with Crippen LogP contribution in [-0.2, 0) is 24.8 Å². The fourth-order valence-electron chi connectivity index (χ4n) is 2.76. The third-order valence-electron chi connectivity index (χ3n) is 5.46. The van der Waals surface area contributed by atoms with Crippen LogP contribution in [0.25, 0.3) is 0 Å². The van der Waals surface area contributed by atoms with Crippen molar-refractivity contribution in [3.63, 3.8) is 0 Å². The van der Waals surface area contributed by atoms with E-state index in [-0.39, 0.29) is 23.0 Å². The Hall–Kier alpha value is -1.31.